The zero-order valence-electron chi connectivity index (χ0n) is 8.17. The maximum Gasteiger partial charge on any atom is 0.251 e. The van der Waals surface area contributed by atoms with Gasteiger partial charge in [0.25, 0.3) is 5.56 Å². The van der Waals surface area contributed by atoms with E-state index in [-0.39, 0.29) is 5.56 Å². The summed E-state index contributed by atoms with van der Waals surface area (Å²) in [6.45, 7) is 2.26. The van der Waals surface area contributed by atoms with Crippen LogP contribution < -0.4 is 11.3 Å². The van der Waals surface area contributed by atoms with Gasteiger partial charge in [0.1, 0.15) is 10.7 Å². The van der Waals surface area contributed by atoms with E-state index in [0.29, 0.717) is 17.2 Å². The van der Waals surface area contributed by atoms with Crippen LogP contribution in [0.3, 0.4) is 0 Å². The second-order valence-electron chi connectivity index (χ2n) is 3.18. The molecule has 15 heavy (non-hydrogen) atoms. The lowest BCUT2D eigenvalue weighted by molar-refractivity contribution is 0.711. The Morgan fingerprint density at radius 1 is 1.53 bits per heavy atom. The third kappa shape index (κ3) is 1.89. The minimum Gasteiger partial charge on any atom is -0.388 e. The number of pyridine rings is 1. The van der Waals surface area contributed by atoms with Crippen LogP contribution in [0.25, 0.3) is 0 Å². The first-order valence-corrected chi connectivity index (χ1v) is 5.19. The molecule has 0 aliphatic heterocycles. The van der Waals surface area contributed by atoms with Gasteiger partial charge in [-0.05, 0) is 13.0 Å². The summed E-state index contributed by atoms with van der Waals surface area (Å²) in [6, 6.07) is 5.12. The van der Waals surface area contributed by atoms with Crippen LogP contribution >= 0.6 is 11.5 Å². The van der Waals surface area contributed by atoms with Gasteiger partial charge in [0.15, 0.2) is 0 Å². The molecule has 6 heteroatoms. The van der Waals surface area contributed by atoms with Crippen molar-refractivity contribution >= 4 is 16.5 Å². The van der Waals surface area contributed by atoms with Crippen LogP contribution in [0, 0.1) is 6.92 Å². The summed E-state index contributed by atoms with van der Waals surface area (Å²) in [5.41, 5.74) is 7.15. The summed E-state index contributed by atoms with van der Waals surface area (Å²) >= 11 is 1.14. The quantitative estimate of drug-likeness (QED) is 0.809. The van der Waals surface area contributed by atoms with E-state index in [9.17, 15) is 4.79 Å². The maximum atomic E-state index is 11.6. The van der Waals surface area contributed by atoms with Crippen LogP contribution in [0.15, 0.2) is 23.0 Å². The van der Waals surface area contributed by atoms with E-state index in [2.05, 4.69) is 9.59 Å². The van der Waals surface area contributed by atoms with Crippen LogP contribution in [0.1, 0.15) is 11.4 Å². The van der Waals surface area contributed by atoms with Crippen LogP contribution in [0.5, 0.6) is 0 Å². The van der Waals surface area contributed by atoms with E-state index in [1.54, 1.807) is 10.6 Å². The lowest BCUT2D eigenvalue weighted by atomic mass is 10.3. The molecule has 2 rings (SSSR count). The normalized spacial score (nSPS) is 10.5. The molecule has 0 radical (unpaired) electrons. The highest BCUT2D eigenvalue weighted by Gasteiger charge is 2.07. The largest absolute Gasteiger partial charge is 0.388 e. The number of hydrogen-bond donors (Lipinski definition) is 1. The average Bonchev–Trinajstić information content (AvgIpc) is 2.58. The Hall–Kier alpha value is -1.69. The molecule has 2 N–H and O–H groups in total. The van der Waals surface area contributed by atoms with Crippen molar-refractivity contribution in [2.24, 2.45) is 0 Å². The molecular weight excluding hydrogens is 212 g/mol. The summed E-state index contributed by atoms with van der Waals surface area (Å²) in [4.78, 5) is 11.6. The van der Waals surface area contributed by atoms with Gasteiger partial charge in [-0.25, -0.2) is 0 Å². The minimum absolute atomic E-state index is 0.0533. The lowest BCUT2D eigenvalue weighted by Gasteiger charge is -2.06. The first kappa shape index (κ1) is 9.85. The van der Waals surface area contributed by atoms with Crippen LogP contribution in [0.2, 0.25) is 0 Å². The van der Waals surface area contributed by atoms with Crippen LogP contribution in [-0.2, 0) is 6.54 Å². The summed E-state index contributed by atoms with van der Waals surface area (Å²) in [6.07, 6.45) is 0. The zero-order chi connectivity index (χ0) is 10.8. The summed E-state index contributed by atoms with van der Waals surface area (Å²) in [5, 5.41) is 4.44. The molecule has 0 aliphatic rings. The fourth-order valence-corrected chi connectivity index (χ4v) is 1.74. The molecule has 2 aromatic rings. The molecule has 0 saturated carbocycles. The maximum absolute atomic E-state index is 11.6. The monoisotopic (exact) mass is 222 g/mol. The number of nitrogens with zero attached hydrogens (tertiary/aromatic N) is 3. The van der Waals surface area contributed by atoms with E-state index in [0.717, 1.165) is 17.2 Å². The molecule has 0 saturated heterocycles. The Morgan fingerprint density at radius 3 is 2.93 bits per heavy atom. The fourth-order valence-electron chi connectivity index (χ4n) is 1.30. The average molecular weight is 222 g/mol. The topological polar surface area (TPSA) is 73.8 Å². The van der Waals surface area contributed by atoms with Gasteiger partial charge in [0, 0.05) is 23.3 Å². The molecule has 78 valence electrons. The van der Waals surface area contributed by atoms with E-state index in [1.165, 1.54) is 6.07 Å². The molecule has 0 bridgehead atoms. The lowest BCUT2D eigenvalue weighted by Crippen LogP contribution is -2.22. The molecular formula is C9H10N4OS. The van der Waals surface area contributed by atoms with Crippen molar-refractivity contribution in [3.8, 4) is 0 Å². The Bertz CT molecular complexity index is 531. The van der Waals surface area contributed by atoms with Gasteiger partial charge in [-0.1, -0.05) is 10.6 Å². The van der Waals surface area contributed by atoms with Gasteiger partial charge >= 0.3 is 0 Å². The third-order valence-electron chi connectivity index (χ3n) is 2.16. The Morgan fingerprint density at radius 2 is 2.33 bits per heavy atom. The first-order valence-electron chi connectivity index (χ1n) is 4.41. The molecule has 0 unspecified atom stereocenters. The highest BCUT2D eigenvalue weighted by atomic mass is 32.1. The van der Waals surface area contributed by atoms with Gasteiger partial charge in [-0.2, -0.15) is 0 Å². The van der Waals surface area contributed by atoms with Crippen molar-refractivity contribution < 1.29 is 0 Å². The first-order chi connectivity index (χ1) is 7.18. The highest BCUT2D eigenvalue weighted by molar-refractivity contribution is 7.09. The number of nitrogens with two attached hydrogens (primary N) is 1. The predicted octanol–water partition coefficient (Wildman–Crippen LogP) is 0.639. The van der Waals surface area contributed by atoms with Crippen molar-refractivity contribution in [3.05, 3.63) is 39.9 Å². The van der Waals surface area contributed by atoms with Crippen molar-refractivity contribution in [2.45, 2.75) is 13.5 Å². The molecule has 0 spiro atoms. The number of anilines is 1. The number of nitrogen functional groups attached to an aromatic ring is 1. The summed E-state index contributed by atoms with van der Waals surface area (Å²) < 4.78 is 5.35. The van der Waals surface area contributed by atoms with Crippen LogP contribution in [0.4, 0.5) is 5.00 Å². The molecule has 0 aliphatic carbocycles. The zero-order valence-corrected chi connectivity index (χ0v) is 8.99. The van der Waals surface area contributed by atoms with Gasteiger partial charge in [0.2, 0.25) is 0 Å². The van der Waals surface area contributed by atoms with Crippen molar-refractivity contribution in [1.29, 1.82) is 0 Å². The van der Waals surface area contributed by atoms with Gasteiger partial charge in [0.05, 0.1) is 6.54 Å². The second-order valence-corrected chi connectivity index (χ2v) is 3.96. The molecule has 0 amide bonds. The third-order valence-corrected chi connectivity index (χ3v) is 2.76. The molecule has 0 fully saturated rings. The highest BCUT2D eigenvalue weighted by Crippen LogP contribution is 2.13. The van der Waals surface area contributed by atoms with Crippen molar-refractivity contribution in [2.75, 3.05) is 5.73 Å². The Balaban J connectivity index is 2.41. The fraction of sp³-hybridized carbons (Fsp3) is 0.222. The van der Waals surface area contributed by atoms with E-state index in [1.807, 2.05) is 13.0 Å². The van der Waals surface area contributed by atoms with Crippen molar-refractivity contribution in [3.63, 3.8) is 0 Å². The van der Waals surface area contributed by atoms with E-state index < -0.39 is 0 Å². The summed E-state index contributed by atoms with van der Waals surface area (Å²) in [5.74, 6) is 0. The number of hydrogen-bond acceptors (Lipinski definition) is 5. The van der Waals surface area contributed by atoms with Gasteiger partial charge in [-0.3, -0.25) is 4.79 Å². The predicted molar refractivity (Wildman–Crippen MR) is 58.9 cm³/mol. The molecule has 2 heterocycles. The van der Waals surface area contributed by atoms with Gasteiger partial charge < -0.3 is 10.3 Å². The van der Waals surface area contributed by atoms with Crippen LogP contribution in [-0.4, -0.2) is 14.2 Å². The van der Waals surface area contributed by atoms with E-state index >= 15 is 0 Å². The molecule has 5 nitrogen and oxygen atoms in total. The SMILES string of the molecule is Cc1cccc(=O)n1Cc1nnsc1N. The number of aromatic nitrogens is 3. The van der Waals surface area contributed by atoms with Crippen molar-refractivity contribution in [1.82, 2.24) is 14.2 Å². The molecule has 2 aromatic heterocycles. The number of rotatable bonds is 2. The molecule has 0 atom stereocenters. The summed E-state index contributed by atoms with van der Waals surface area (Å²) in [7, 11) is 0. The molecule has 0 aromatic carbocycles. The van der Waals surface area contributed by atoms with Gasteiger partial charge in [-0.15, -0.1) is 5.10 Å². The standard InChI is InChI=1S/C9H10N4OS/c1-6-3-2-4-8(14)13(6)5-7-9(10)15-12-11-7/h2-4H,5,10H2,1H3. The second kappa shape index (κ2) is 3.82. The number of aryl methyl sites for hydroxylation is 1. The minimum atomic E-state index is -0.0533. The Labute approximate surface area is 90.3 Å². The van der Waals surface area contributed by atoms with E-state index in [4.69, 9.17) is 5.73 Å². The smallest absolute Gasteiger partial charge is 0.251 e. The Kier molecular flexibility index (Phi) is 2.51.